The first-order chi connectivity index (χ1) is 11.4. The topological polar surface area (TPSA) is 71.7 Å². The Bertz CT molecular complexity index is 679. The molecule has 0 aliphatic rings. The Kier molecular flexibility index (Phi) is 8.21. The lowest BCUT2D eigenvalue weighted by molar-refractivity contribution is 0.129. The number of guanidine groups is 1. The van der Waals surface area contributed by atoms with Crippen LogP contribution in [0.2, 0.25) is 0 Å². The van der Waals surface area contributed by atoms with Gasteiger partial charge in [-0.25, -0.2) is 0 Å². The molecule has 1 aromatic carbocycles. The molecule has 1 heterocycles. The number of hydrogen-bond donors (Lipinski definition) is 2. The minimum absolute atomic E-state index is 0. The van der Waals surface area contributed by atoms with Gasteiger partial charge in [0.2, 0.25) is 0 Å². The number of nitrogens with zero attached hydrogens (tertiary/aromatic N) is 2. The van der Waals surface area contributed by atoms with Crippen LogP contribution in [0.4, 0.5) is 0 Å². The van der Waals surface area contributed by atoms with Crippen LogP contribution in [0.5, 0.6) is 5.75 Å². The lowest BCUT2D eigenvalue weighted by Gasteiger charge is -2.24. The number of aryl methyl sites for hydroxylation is 1. The molecule has 25 heavy (non-hydrogen) atoms. The van der Waals surface area contributed by atoms with E-state index in [1.54, 1.807) is 13.3 Å². The summed E-state index contributed by atoms with van der Waals surface area (Å²) in [6.45, 7) is 9.37. The predicted octanol–water partition coefficient (Wildman–Crippen LogP) is 3.64. The van der Waals surface area contributed by atoms with Crippen LogP contribution in [0, 0.1) is 6.92 Å². The van der Waals surface area contributed by atoms with Crippen LogP contribution in [-0.4, -0.2) is 23.8 Å². The van der Waals surface area contributed by atoms with Crippen LogP contribution in [-0.2, 0) is 13.1 Å². The van der Waals surface area contributed by atoms with E-state index in [4.69, 9.17) is 9.26 Å². The molecule has 0 aliphatic carbocycles. The van der Waals surface area contributed by atoms with Crippen molar-refractivity contribution in [3.63, 3.8) is 0 Å². The minimum atomic E-state index is -0.241. The van der Waals surface area contributed by atoms with E-state index in [0.29, 0.717) is 19.0 Å². The molecule has 7 heteroatoms. The molecule has 0 fully saturated rings. The van der Waals surface area contributed by atoms with Crippen molar-refractivity contribution in [1.82, 2.24) is 15.8 Å². The maximum Gasteiger partial charge on any atom is 0.191 e. The van der Waals surface area contributed by atoms with Crippen LogP contribution in [0.15, 0.2) is 40.0 Å². The molecule has 0 saturated carbocycles. The van der Waals surface area contributed by atoms with Crippen LogP contribution in [0.25, 0.3) is 0 Å². The van der Waals surface area contributed by atoms with Crippen LogP contribution in [0.3, 0.4) is 0 Å². The Morgan fingerprint density at radius 2 is 1.92 bits per heavy atom. The quantitative estimate of drug-likeness (QED) is 0.407. The average Bonchev–Trinajstić information content (AvgIpc) is 3.01. The highest BCUT2D eigenvalue weighted by atomic mass is 127. The van der Waals surface area contributed by atoms with Gasteiger partial charge in [-0.3, -0.25) is 4.99 Å². The molecule has 2 rings (SSSR count). The van der Waals surface area contributed by atoms with E-state index in [1.807, 2.05) is 26.8 Å². The molecule has 0 saturated heterocycles. The van der Waals surface area contributed by atoms with E-state index >= 15 is 0 Å². The fourth-order valence-corrected chi connectivity index (χ4v) is 2.14. The third-order valence-corrected chi connectivity index (χ3v) is 3.24. The fraction of sp³-hybridized carbons (Fsp3) is 0.444. The van der Waals surface area contributed by atoms with Crippen molar-refractivity contribution in [2.75, 3.05) is 7.05 Å². The fourth-order valence-electron chi connectivity index (χ4n) is 2.14. The molecule has 0 aliphatic heterocycles. The molecule has 2 N–H and O–H groups in total. The van der Waals surface area contributed by atoms with Gasteiger partial charge in [-0.05, 0) is 39.3 Å². The Balaban J connectivity index is 0.00000312. The molecule has 0 atom stereocenters. The van der Waals surface area contributed by atoms with Gasteiger partial charge in [-0.2, -0.15) is 0 Å². The van der Waals surface area contributed by atoms with E-state index in [-0.39, 0.29) is 29.6 Å². The number of aromatic nitrogens is 1. The maximum atomic E-state index is 6.08. The zero-order chi connectivity index (χ0) is 17.6. The number of hydrogen-bond acceptors (Lipinski definition) is 4. The van der Waals surface area contributed by atoms with E-state index in [9.17, 15) is 0 Å². The largest absolute Gasteiger partial charge is 0.488 e. The zero-order valence-electron chi connectivity index (χ0n) is 15.4. The summed E-state index contributed by atoms with van der Waals surface area (Å²) in [6, 6.07) is 8.04. The van der Waals surface area contributed by atoms with Crippen molar-refractivity contribution < 1.29 is 9.26 Å². The number of nitrogens with one attached hydrogen (secondary N) is 2. The molecule has 138 valence electrons. The third-order valence-electron chi connectivity index (χ3n) is 3.24. The Labute approximate surface area is 166 Å². The normalized spacial score (nSPS) is 11.6. The highest BCUT2D eigenvalue weighted by Crippen LogP contribution is 2.24. The van der Waals surface area contributed by atoms with Crippen molar-refractivity contribution >= 4 is 29.9 Å². The second-order valence-corrected chi connectivity index (χ2v) is 6.60. The first kappa shape index (κ1) is 21.3. The first-order valence-corrected chi connectivity index (χ1v) is 8.00. The number of aliphatic imine (C=N–C) groups is 1. The summed E-state index contributed by atoms with van der Waals surface area (Å²) >= 11 is 0. The van der Waals surface area contributed by atoms with Gasteiger partial charge < -0.3 is 19.9 Å². The second kappa shape index (κ2) is 9.65. The highest BCUT2D eigenvalue weighted by Gasteiger charge is 2.15. The van der Waals surface area contributed by atoms with Gasteiger partial charge in [-0.15, -0.1) is 24.0 Å². The molecule has 1 aromatic heterocycles. The summed E-state index contributed by atoms with van der Waals surface area (Å²) in [5, 5.41) is 10.4. The molecule has 0 spiro atoms. The SMILES string of the molecule is CN=C(NCc1ccon1)NCc1ccc(C)cc1OC(C)(C)C.I. The Hall–Kier alpha value is -1.77. The Morgan fingerprint density at radius 1 is 1.20 bits per heavy atom. The predicted molar refractivity (Wildman–Crippen MR) is 111 cm³/mol. The third kappa shape index (κ3) is 7.33. The van der Waals surface area contributed by atoms with Gasteiger partial charge >= 0.3 is 0 Å². The molecule has 0 amide bonds. The van der Waals surface area contributed by atoms with Gasteiger partial charge in [0.25, 0.3) is 0 Å². The summed E-state index contributed by atoms with van der Waals surface area (Å²) < 4.78 is 10.9. The van der Waals surface area contributed by atoms with Gasteiger partial charge in [0.1, 0.15) is 23.3 Å². The lowest BCUT2D eigenvalue weighted by atomic mass is 10.1. The van der Waals surface area contributed by atoms with E-state index in [1.165, 1.54) is 5.56 Å². The first-order valence-electron chi connectivity index (χ1n) is 8.00. The standard InChI is InChI=1S/C18H26N4O2.HI/c1-13-6-7-14(16(10-13)24-18(2,3)4)11-20-17(19-5)21-12-15-8-9-23-22-15;/h6-10H,11-12H2,1-5H3,(H2,19,20,21);1H. The minimum Gasteiger partial charge on any atom is -0.488 e. The van der Waals surface area contributed by atoms with Crippen molar-refractivity contribution in [3.8, 4) is 5.75 Å². The van der Waals surface area contributed by atoms with Crippen molar-refractivity contribution in [3.05, 3.63) is 47.3 Å². The van der Waals surface area contributed by atoms with Crippen LogP contribution >= 0.6 is 24.0 Å². The molecular weight excluding hydrogens is 431 g/mol. The van der Waals surface area contributed by atoms with Gasteiger partial charge in [-0.1, -0.05) is 17.3 Å². The zero-order valence-corrected chi connectivity index (χ0v) is 17.8. The highest BCUT2D eigenvalue weighted by molar-refractivity contribution is 14.0. The molecule has 0 radical (unpaired) electrons. The summed E-state index contributed by atoms with van der Waals surface area (Å²) in [5.74, 6) is 1.59. The Morgan fingerprint density at radius 3 is 2.52 bits per heavy atom. The average molecular weight is 458 g/mol. The molecule has 0 bridgehead atoms. The number of rotatable bonds is 5. The van der Waals surface area contributed by atoms with Crippen LogP contribution < -0.4 is 15.4 Å². The molecule has 6 nitrogen and oxygen atoms in total. The maximum absolute atomic E-state index is 6.08. The van der Waals surface area contributed by atoms with E-state index in [2.05, 4.69) is 45.9 Å². The number of benzene rings is 1. The van der Waals surface area contributed by atoms with Crippen molar-refractivity contribution in [2.24, 2.45) is 4.99 Å². The van der Waals surface area contributed by atoms with E-state index < -0.39 is 0 Å². The summed E-state index contributed by atoms with van der Waals surface area (Å²) in [6.07, 6.45) is 1.55. The summed E-state index contributed by atoms with van der Waals surface area (Å²) in [5.41, 5.74) is 2.84. The lowest BCUT2D eigenvalue weighted by Crippen LogP contribution is -2.36. The smallest absolute Gasteiger partial charge is 0.191 e. The monoisotopic (exact) mass is 458 g/mol. The molecular formula is C18H27IN4O2. The summed E-state index contributed by atoms with van der Waals surface area (Å²) in [4.78, 5) is 4.22. The van der Waals surface area contributed by atoms with Crippen molar-refractivity contribution in [2.45, 2.75) is 46.4 Å². The number of ether oxygens (including phenoxy) is 1. The van der Waals surface area contributed by atoms with Gasteiger partial charge in [0.05, 0.1) is 6.54 Å². The second-order valence-electron chi connectivity index (χ2n) is 6.60. The van der Waals surface area contributed by atoms with Gasteiger partial charge in [0.15, 0.2) is 5.96 Å². The van der Waals surface area contributed by atoms with E-state index in [0.717, 1.165) is 17.0 Å². The van der Waals surface area contributed by atoms with Crippen molar-refractivity contribution in [1.29, 1.82) is 0 Å². The molecule has 0 unspecified atom stereocenters. The van der Waals surface area contributed by atoms with Crippen LogP contribution in [0.1, 0.15) is 37.6 Å². The van der Waals surface area contributed by atoms with Gasteiger partial charge in [0, 0.05) is 25.2 Å². The number of halogens is 1. The summed E-state index contributed by atoms with van der Waals surface area (Å²) in [7, 11) is 1.74. The molecule has 2 aromatic rings.